The predicted molar refractivity (Wildman–Crippen MR) is 52.7 cm³/mol. The zero-order valence-electron chi connectivity index (χ0n) is 8.36. The maximum Gasteiger partial charge on any atom is 0.438 e. The Morgan fingerprint density at radius 1 is 1.24 bits per heavy atom. The predicted octanol–water partition coefficient (Wildman–Crippen LogP) is 0.0414. The molecule has 0 aromatic heterocycles. The summed E-state index contributed by atoms with van der Waals surface area (Å²) in [6.07, 6.45) is 0.434. The zero-order chi connectivity index (χ0) is 12.4. The summed E-state index contributed by atoms with van der Waals surface area (Å²) in [5.41, 5.74) is 8.41. The second-order valence-corrected chi connectivity index (χ2v) is 3.11. The summed E-state index contributed by atoms with van der Waals surface area (Å²) in [6, 6.07) is 6.07. The van der Waals surface area contributed by atoms with Crippen LogP contribution in [0.25, 0.3) is 5.53 Å². The molecule has 0 unspecified atom stereocenters. The number of fused-ring (bicyclic) bond motifs is 1. The molecule has 2 amide bonds. The Hall–Kier alpha value is -2.79. The number of nitrogens with zero attached hydrogens (tertiary/aromatic N) is 3. The second kappa shape index (κ2) is 3.99. The number of amides is 2. The van der Waals surface area contributed by atoms with Gasteiger partial charge < -0.3 is 10.4 Å². The average molecular weight is 231 g/mol. The molecule has 7 heteroatoms. The summed E-state index contributed by atoms with van der Waals surface area (Å²) in [7, 11) is 0. The van der Waals surface area contributed by atoms with Crippen LogP contribution in [0.5, 0.6) is 0 Å². The molecule has 84 valence electrons. The molecule has 0 atom stereocenters. The molecule has 0 N–H and O–H groups in total. The molecule has 7 nitrogen and oxygen atoms in total. The third-order valence-corrected chi connectivity index (χ3v) is 2.10. The van der Waals surface area contributed by atoms with Gasteiger partial charge in [0.25, 0.3) is 11.8 Å². The molecule has 0 aliphatic carbocycles. The quantitative estimate of drug-likeness (QED) is 0.310. The lowest BCUT2D eigenvalue weighted by Crippen LogP contribution is -2.33. The fraction of sp³-hybridized carbons (Fsp3) is 0. The van der Waals surface area contributed by atoms with Gasteiger partial charge in [-0.25, -0.2) is 4.79 Å². The molecule has 0 saturated heterocycles. The minimum absolute atomic E-state index is 0.159. The highest BCUT2D eigenvalue weighted by Crippen LogP contribution is 2.22. The Balaban J connectivity index is 2.30. The van der Waals surface area contributed by atoms with Gasteiger partial charge in [0.05, 0.1) is 11.1 Å². The van der Waals surface area contributed by atoms with Gasteiger partial charge in [0.15, 0.2) is 0 Å². The van der Waals surface area contributed by atoms with Crippen molar-refractivity contribution in [1.82, 2.24) is 5.06 Å². The molecule has 0 radical (unpaired) electrons. The molecular weight excluding hydrogens is 226 g/mol. The summed E-state index contributed by atoms with van der Waals surface area (Å²) in [6.45, 7) is 0. The lowest BCUT2D eigenvalue weighted by molar-refractivity contribution is -0.162. The molecule has 1 aromatic rings. The monoisotopic (exact) mass is 231 g/mol. The third kappa shape index (κ3) is 1.70. The van der Waals surface area contributed by atoms with E-state index in [-0.39, 0.29) is 11.1 Å². The van der Waals surface area contributed by atoms with Gasteiger partial charge in [-0.1, -0.05) is 17.2 Å². The second-order valence-electron chi connectivity index (χ2n) is 3.11. The minimum atomic E-state index is -1.12. The fourth-order valence-electron chi connectivity index (χ4n) is 1.41. The van der Waals surface area contributed by atoms with Gasteiger partial charge in [-0.2, -0.15) is 4.79 Å². The van der Waals surface area contributed by atoms with Gasteiger partial charge in [-0.05, 0) is 12.1 Å². The number of hydrogen-bond donors (Lipinski definition) is 0. The van der Waals surface area contributed by atoms with Crippen LogP contribution in [0.15, 0.2) is 24.3 Å². The van der Waals surface area contributed by atoms with Crippen LogP contribution in [0.4, 0.5) is 0 Å². The van der Waals surface area contributed by atoms with Crippen LogP contribution in [0.2, 0.25) is 0 Å². The van der Waals surface area contributed by atoms with E-state index in [9.17, 15) is 14.4 Å². The van der Waals surface area contributed by atoms with E-state index >= 15 is 0 Å². The maximum atomic E-state index is 11.7. The largest absolute Gasteiger partial charge is 0.438 e. The standard InChI is InChI=1S/C10H5N3O4/c11-12-5-8(14)17-13-9(15)6-3-1-2-4-7(6)10(13)16/h1-5H. The molecule has 1 aromatic carbocycles. The molecule has 17 heavy (non-hydrogen) atoms. The van der Waals surface area contributed by atoms with E-state index in [2.05, 4.69) is 9.63 Å². The molecule has 1 aliphatic heterocycles. The van der Waals surface area contributed by atoms with Crippen LogP contribution in [-0.4, -0.2) is 33.9 Å². The van der Waals surface area contributed by atoms with Gasteiger partial charge in [-0.15, -0.1) is 0 Å². The van der Waals surface area contributed by atoms with Crippen LogP contribution < -0.4 is 0 Å². The van der Waals surface area contributed by atoms with Crippen LogP contribution in [0.3, 0.4) is 0 Å². The summed E-state index contributed by atoms with van der Waals surface area (Å²) in [5, 5.41) is 0.328. The van der Waals surface area contributed by atoms with E-state index in [0.29, 0.717) is 11.3 Å². The van der Waals surface area contributed by atoms with Gasteiger partial charge in [0.1, 0.15) is 0 Å². The summed E-state index contributed by atoms with van der Waals surface area (Å²) < 4.78 is 0. The summed E-state index contributed by atoms with van der Waals surface area (Å²) >= 11 is 0. The number of rotatable bonds is 2. The summed E-state index contributed by atoms with van der Waals surface area (Å²) in [5.74, 6) is -2.59. The van der Waals surface area contributed by atoms with E-state index in [0.717, 1.165) is 0 Å². The van der Waals surface area contributed by atoms with Crippen molar-refractivity contribution in [2.75, 3.05) is 0 Å². The Morgan fingerprint density at radius 3 is 2.24 bits per heavy atom. The lowest BCUT2D eigenvalue weighted by atomic mass is 10.1. The van der Waals surface area contributed by atoms with Gasteiger partial charge in [0, 0.05) is 0 Å². The molecule has 1 heterocycles. The van der Waals surface area contributed by atoms with Crippen molar-refractivity contribution in [3.63, 3.8) is 0 Å². The van der Waals surface area contributed by atoms with Crippen molar-refractivity contribution in [3.8, 4) is 0 Å². The van der Waals surface area contributed by atoms with Gasteiger partial charge in [-0.3, -0.25) is 9.59 Å². The first-order chi connectivity index (χ1) is 8.15. The van der Waals surface area contributed by atoms with Crippen molar-refractivity contribution in [2.24, 2.45) is 0 Å². The van der Waals surface area contributed by atoms with E-state index in [1.807, 2.05) is 0 Å². The van der Waals surface area contributed by atoms with Crippen LogP contribution >= 0.6 is 0 Å². The minimum Gasteiger partial charge on any atom is -0.361 e. The number of imide groups is 1. The normalized spacial score (nSPS) is 13.1. The number of carbonyl (C=O) groups excluding carboxylic acids is 3. The third-order valence-electron chi connectivity index (χ3n) is 2.10. The fourth-order valence-corrected chi connectivity index (χ4v) is 1.41. The SMILES string of the molecule is [N-]=[N+]=CC(=O)ON1C(=O)c2ccccc2C1=O. The summed E-state index contributed by atoms with van der Waals surface area (Å²) in [4.78, 5) is 41.2. The first kappa shape index (κ1) is 10.7. The smallest absolute Gasteiger partial charge is 0.361 e. The zero-order valence-corrected chi connectivity index (χ0v) is 8.36. The number of benzene rings is 1. The molecule has 2 rings (SSSR count). The van der Waals surface area contributed by atoms with E-state index < -0.39 is 17.8 Å². The maximum absolute atomic E-state index is 11.7. The van der Waals surface area contributed by atoms with Crippen molar-refractivity contribution >= 4 is 24.0 Å². The Morgan fingerprint density at radius 2 is 1.76 bits per heavy atom. The van der Waals surface area contributed by atoms with E-state index in [1.54, 1.807) is 12.1 Å². The first-order valence-electron chi connectivity index (χ1n) is 4.52. The average Bonchev–Trinajstić information content (AvgIpc) is 2.56. The molecule has 0 fully saturated rings. The van der Waals surface area contributed by atoms with Crippen LogP contribution in [0, 0.1) is 0 Å². The van der Waals surface area contributed by atoms with Crippen molar-refractivity contribution in [3.05, 3.63) is 40.9 Å². The molecule has 0 saturated carbocycles. The first-order valence-corrected chi connectivity index (χ1v) is 4.52. The lowest BCUT2D eigenvalue weighted by Gasteiger charge is -2.08. The van der Waals surface area contributed by atoms with Crippen molar-refractivity contribution in [2.45, 2.75) is 0 Å². The van der Waals surface area contributed by atoms with Crippen molar-refractivity contribution in [1.29, 1.82) is 0 Å². The molecule has 0 bridgehead atoms. The van der Waals surface area contributed by atoms with Crippen molar-refractivity contribution < 1.29 is 24.0 Å². The Kier molecular flexibility index (Phi) is 2.52. The van der Waals surface area contributed by atoms with Crippen LogP contribution in [-0.2, 0) is 9.63 Å². The van der Waals surface area contributed by atoms with Crippen LogP contribution in [0.1, 0.15) is 20.7 Å². The number of hydroxylamine groups is 2. The van der Waals surface area contributed by atoms with E-state index in [1.165, 1.54) is 12.1 Å². The highest BCUT2D eigenvalue weighted by atomic mass is 16.7. The van der Waals surface area contributed by atoms with E-state index in [4.69, 9.17) is 5.53 Å². The molecule has 1 aliphatic rings. The molecule has 0 spiro atoms. The number of carbonyl (C=O) groups is 3. The van der Waals surface area contributed by atoms with Gasteiger partial charge in [0.2, 0.25) is 0 Å². The van der Waals surface area contributed by atoms with Gasteiger partial charge >= 0.3 is 12.2 Å². The highest BCUT2D eigenvalue weighted by Gasteiger charge is 2.38. The number of hydrogen-bond acceptors (Lipinski definition) is 4. The Labute approximate surface area is 94.8 Å². The highest BCUT2D eigenvalue weighted by molar-refractivity contribution is 6.24. The topological polar surface area (TPSA) is 100 Å². The molecular formula is C10H5N3O4. The Bertz CT molecular complexity index is 540.